The van der Waals surface area contributed by atoms with Crippen LogP contribution in [0.25, 0.3) is 0 Å². The van der Waals surface area contributed by atoms with Gasteiger partial charge in [0.15, 0.2) is 0 Å². The second-order valence-electron chi connectivity index (χ2n) is 5.45. The van der Waals surface area contributed by atoms with Gasteiger partial charge in [0.1, 0.15) is 0 Å². The van der Waals surface area contributed by atoms with Crippen molar-refractivity contribution in [3.8, 4) is 6.07 Å². The molecule has 0 aromatic heterocycles. The van der Waals surface area contributed by atoms with E-state index in [9.17, 15) is 14.4 Å². The van der Waals surface area contributed by atoms with Gasteiger partial charge in [-0.1, -0.05) is 24.3 Å². The number of carbonyl (C=O) groups is 3. The van der Waals surface area contributed by atoms with Gasteiger partial charge < -0.3 is 5.73 Å². The molecule has 24 heavy (non-hydrogen) atoms. The Hall–Kier alpha value is -3.46. The van der Waals surface area contributed by atoms with Crippen molar-refractivity contribution in [3.05, 3.63) is 70.8 Å². The summed E-state index contributed by atoms with van der Waals surface area (Å²) in [5.74, 6) is -1.58. The standard InChI is InChI=1S/C18H13N3O3/c19-10-11-4-3-5-12(8-11)15(9-16(20)22)21-17(23)13-6-1-2-7-14(13)18(21)24/h1-8,15H,9H2,(H2,20,22). The Balaban J connectivity index is 2.08. The van der Waals surface area contributed by atoms with Crippen LogP contribution >= 0.6 is 0 Å². The molecule has 0 radical (unpaired) electrons. The molecule has 6 nitrogen and oxygen atoms in total. The first-order chi connectivity index (χ1) is 11.5. The molecule has 2 N–H and O–H groups in total. The van der Waals surface area contributed by atoms with Crippen molar-refractivity contribution in [1.29, 1.82) is 5.26 Å². The maximum Gasteiger partial charge on any atom is 0.262 e. The van der Waals surface area contributed by atoms with Gasteiger partial charge in [-0.05, 0) is 29.8 Å². The van der Waals surface area contributed by atoms with E-state index in [0.29, 0.717) is 22.3 Å². The van der Waals surface area contributed by atoms with Crippen molar-refractivity contribution in [2.75, 3.05) is 0 Å². The SMILES string of the molecule is N#Cc1cccc(C(CC(N)=O)N2C(=O)c3ccccc3C2=O)c1. The fourth-order valence-corrected chi connectivity index (χ4v) is 2.86. The highest BCUT2D eigenvalue weighted by atomic mass is 16.2. The lowest BCUT2D eigenvalue weighted by atomic mass is 9.99. The normalized spacial score (nSPS) is 14.2. The molecule has 0 aliphatic carbocycles. The summed E-state index contributed by atoms with van der Waals surface area (Å²) in [6.07, 6.45) is -0.208. The number of imide groups is 1. The second-order valence-corrected chi connectivity index (χ2v) is 5.45. The summed E-state index contributed by atoms with van der Waals surface area (Å²) in [5.41, 5.74) is 6.80. The maximum absolute atomic E-state index is 12.6. The summed E-state index contributed by atoms with van der Waals surface area (Å²) < 4.78 is 0. The molecule has 2 aromatic rings. The van der Waals surface area contributed by atoms with Crippen molar-refractivity contribution in [2.45, 2.75) is 12.5 Å². The summed E-state index contributed by atoms with van der Waals surface area (Å²) >= 11 is 0. The van der Waals surface area contributed by atoms with E-state index in [1.54, 1.807) is 48.5 Å². The van der Waals surface area contributed by atoms with E-state index in [0.717, 1.165) is 4.90 Å². The molecule has 1 unspecified atom stereocenters. The number of benzene rings is 2. The monoisotopic (exact) mass is 319 g/mol. The van der Waals surface area contributed by atoms with E-state index in [4.69, 9.17) is 11.0 Å². The Morgan fingerprint density at radius 2 is 1.71 bits per heavy atom. The lowest BCUT2D eigenvalue weighted by molar-refractivity contribution is -0.118. The van der Waals surface area contributed by atoms with Crippen molar-refractivity contribution in [1.82, 2.24) is 4.90 Å². The first kappa shape index (κ1) is 15.4. The van der Waals surface area contributed by atoms with Gasteiger partial charge in [0.2, 0.25) is 5.91 Å². The molecule has 1 heterocycles. The molecule has 2 aromatic carbocycles. The summed E-state index contributed by atoms with van der Waals surface area (Å²) in [7, 11) is 0. The van der Waals surface area contributed by atoms with Gasteiger partial charge in [-0.2, -0.15) is 5.26 Å². The zero-order chi connectivity index (χ0) is 17.3. The Morgan fingerprint density at radius 3 is 2.25 bits per heavy atom. The molecule has 118 valence electrons. The van der Waals surface area contributed by atoms with Crippen molar-refractivity contribution in [2.24, 2.45) is 5.73 Å². The van der Waals surface area contributed by atoms with Crippen LogP contribution in [0.3, 0.4) is 0 Å². The van der Waals surface area contributed by atoms with Gasteiger partial charge in [0.05, 0.1) is 35.2 Å². The van der Waals surface area contributed by atoms with E-state index in [2.05, 4.69) is 0 Å². The van der Waals surface area contributed by atoms with Gasteiger partial charge in [0.25, 0.3) is 11.8 Å². The summed E-state index contributed by atoms with van der Waals surface area (Å²) in [6.45, 7) is 0. The van der Waals surface area contributed by atoms with Crippen LogP contribution in [-0.2, 0) is 4.79 Å². The van der Waals surface area contributed by atoms with Crippen LogP contribution in [0.15, 0.2) is 48.5 Å². The lowest BCUT2D eigenvalue weighted by Gasteiger charge is -2.25. The third-order valence-electron chi connectivity index (χ3n) is 3.93. The number of hydrogen-bond donors (Lipinski definition) is 1. The van der Waals surface area contributed by atoms with E-state index in [-0.39, 0.29) is 6.42 Å². The topological polar surface area (TPSA) is 104 Å². The Labute approximate surface area is 138 Å². The average molecular weight is 319 g/mol. The average Bonchev–Trinajstić information content (AvgIpc) is 2.84. The van der Waals surface area contributed by atoms with Gasteiger partial charge in [-0.3, -0.25) is 19.3 Å². The molecule has 0 bridgehead atoms. The van der Waals surface area contributed by atoms with Crippen molar-refractivity contribution in [3.63, 3.8) is 0 Å². The molecule has 6 heteroatoms. The predicted molar refractivity (Wildman–Crippen MR) is 84.7 cm³/mol. The van der Waals surface area contributed by atoms with Crippen LogP contribution in [0.1, 0.15) is 44.3 Å². The highest BCUT2D eigenvalue weighted by molar-refractivity contribution is 6.21. The van der Waals surface area contributed by atoms with E-state index < -0.39 is 23.8 Å². The highest BCUT2D eigenvalue weighted by Gasteiger charge is 2.40. The fourth-order valence-electron chi connectivity index (χ4n) is 2.86. The summed E-state index contributed by atoms with van der Waals surface area (Å²) in [6, 6.07) is 14.1. The van der Waals surface area contributed by atoms with E-state index in [1.165, 1.54) is 0 Å². The van der Waals surface area contributed by atoms with Gasteiger partial charge in [-0.15, -0.1) is 0 Å². The van der Waals surface area contributed by atoms with Crippen LogP contribution in [0, 0.1) is 11.3 Å². The van der Waals surface area contributed by atoms with Gasteiger partial charge in [-0.25, -0.2) is 0 Å². The minimum Gasteiger partial charge on any atom is -0.370 e. The van der Waals surface area contributed by atoms with Crippen LogP contribution < -0.4 is 5.73 Å². The number of amides is 3. The number of rotatable bonds is 4. The molecule has 1 aliphatic heterocycles. The van der Waals surface area contributed by atoms with Gasteiger partial charge >= 0.3 is 0 Å². The number of nitrogens with zero attached hydrogens (tertiary/aromatic N) is 2. The van der Waals surface area contributed by atoms with Gasteiger partial charge in [0, 0.05) is 0 Å². The van der Waals surface area contributed by atoms with Crippen LogP contribution in [0.4, 0.5) is 0 Å². The molecule has 0 saturated carbocycles. The molecule has 0 fully saturated rings. The third-order valence-corrected chi connectivity index (χ3v) is 3.93. The first-order valence-electron chi connectivity index (χ1n) is 7.28. The Morgan fingerprint density at radius 1 is 1.08 bits per heavy atom. The maximum atomic E-state index is 12.6. The summed E-state index contributed by atoms with van der Waals surface area (Å²) in [5, 5.41) is 9.05. The lowest BCUT2D eigenvalue weighted by Crippen LogP contribution is -2.36. The number of nitrogens with two attached hydrogens (primary N) is 1. The quantitative estimate of drug-likeness (QED) is 0.867. The van der Waals surface area contributed by atoms with Crippen LogP contribution in [-0.4, -0.2) is 22.6 Å². The Bertz CT molecular complexity index is 863. The molecule has 1 aliphatic rings. The third kappa shape index (κ3) is 2.52. The van der Waals surface area contributed by atoms with E-state index >= 15 is 0 Å². The van der Waals surface area contributed by atoms with Crippen molar-refractivity contribution < 1.29 is 14.4 Å². The van der Waals surface area contributed by atoms with Crippen molar-refractivity contribution >= 4 is 17.7 Å². The molecule has 0 saturated heterocycles. The smallest absolute Gasteiger partial charge is 0.262 e. The Kier molecular flexibility index (Phi) is 3.84. The first-order valence-corrected chi connectivity index (χ1v) is 7.28. The number of primary amides is 1. The van der Waals surface area contributed by atoms with Crippen LogP contribution in [0.5, 0.6) is 0 Å². The molecule has 0 spiro atoms. The minimum absolute atomic E-state index is 0.208. The zero-order valence-electron chi connectivity index (χ0n) is 12.6. The predicted octanol–water partition coefficient (Wildman–Crippen LogP) is 1.77. The molecule has 3 rings (SSSR count). The number of fused-ring (bicyclic) bond motifs is 1. The molecular formula is C18H13N3O3. The zero-order valence-corrected chi connectivity index (χ0v) is 12.6. The molecule has 1 atom stereocenters. The molecule has 3 amide bonds. The minimum atomic E-state index is -0.844. The number of hydrogen-bond acceptors (Lipinski definition) is 4. The molecular weight excluding hydrogens is 306 g/mol. The number of nitriles is 1. The second kappa shape index (κ2) is 5.97. The van der Waals surface area contributed by atoms with Crippen LogP contribution in [0.2, 0.25) is 0 Å². The number of carbonyl (C=O) groups excluding carboxylic acids is 3. The largest absolute Gasteiger partial charge is 0.370 e. The highest BCUT2D eigenvalue weighted by Crippen LogP contribution is 2.33. The fraction of sp³-hybridized carbons (Fsp3) is 0.111. The summed E-state index contributed by atoms with van der Waals surface area (Å²) in [4.78, 5) is 37.8. The van der Waals surface area contributed by atoms with E-state index in [1.807, 2.05) is 6.07 Å².